The molecule has 2 aromatic carbocycles. The molecule has 0 aliphatic heterocycles. The van der Waals surface area contributed by atoms with E-state index in [1.54, 1.807) is 56.3 Å². The van der Waals surface area contributed by atoms with Crippen molar-refractivity contribution in [2.45, 2.75) is 38.9 Å². The number of nitrogens with one attached hydrogen (secondary N) is 1. The summed E-state index contributed by atoms with van der Waals surface area (Å²) in [6, 6.07) is 12.2. The highest BCUT2D eigenvalue weighted by Crippen LogP contribution is 2.34. The van der Waals surface area contributed by atoms with Crippen LogP contribution in [-0.4, -0.2) is 35.1 Å². The first-order chi connectivity index (χ1) is 15.2. The number of hydrogen-bond acceptors (Lipinski definition) is 3. The van der Waals surface area contributed by atoms with Crippen LogP contribution in [0.3, 0.4) is 0 Å². The molecule has 0 saturated heterocycles. The molecular formula is C25H26F2N2O3. The number of rotatable bonds is 6. The lowest BCUT2D eigenvalue weighted by atomic mass is 9.92. The molecular weight excluding hydrogens is 414 g/mol. The van der Waals surface area contributed by atoms with Gasteiger partial charge in [-0.25, -0.2) is 13.8 Å². The molecule has 2 aromatic rings. The van der Waals surface area contributed by atoms with Crippen molar-refractivity contribution in [3.8, 4) is 5.75 Å². The molecule has 0 fully saturated rings. The SMILES string of the molecule is CC(C)N(NC(=O)c1ccccc1)C(=O)COc1ccc(F)cc1C1=CCC(C)(F)C=C1. The van der Waals surface area contributed by atoms with E-state index in [1.165, 1.54) is 36.2 Å². The van der Waals surface area contributed by atoms with Gasteiger partial charge in [-0.05, 0) is 62.8 Å². The van der Waals surface area contributed by atoms with E-state index in [0.29, 0.717) is 16.7 Å². The van der Waals surface area contributed by atoms with Crippen LogP contribution >= 0.6 is 0 Å². The van der Waals surface area contributed by atoms with E-state index in [1.807, 2.05) is 0 Å². The highest BCUT2D eigenvalue weighted by atomic mass is 19.1. The number of ether oxygens (including phenoxy) is 1. The molecule has 3 rings (SSSR count). The zero-order valence-corrected chi connectivity index (χ0v) is 18.3. The molecule has 0 saturated carbocycles. The fraction of sp³-hybridized carbons (Fsp3) is 0.280. The van der Waals surface area contributed by atoms with Crippen molar-refractivity contribution in [1.82, 2.24) is 10.4 Å². The molecule has 0 radical (unpaired) electrons. The largest absolute Gasteiger partial charge is 0.483 e. The average Bonchev–Trinajstić information content (AvgIpc) is 2.76. The molecule has 0 bridgehead atoms. The van der Waals surface area contributed by atoms with Crippen LogP contribution in [0.1, 0.15) is 43.1 Å². The molecule has 1 atom stereocenters. The molecule has 5 nitrogen and oxygen atoms in total. The summed E-state index contributed by atoms with van der Waals surface area (Å²) in [5.74, 6) is -1.07. The molecule has 1 aliphatic rings. The third-order valence-electron chi connectivity index (χ3n) is 4.98. The zero-order chi connectivity index (χ0) is 23.3. The normalized spacial score (nSPS) is 17.6. The number of benzene rings is 2. The van der Waals surface area contributed by atoms with Crippen LogP contribution in [0.4, 0.5) is 8.78 Å². The highest BCUT2D eigenvalue weighted by Gasteiger charge is 2.24. The summed E-state index contributed by atoms with van der Waals surface area (Å²) in [5.41, 5.74) is 2.61. The first kappa shape index (κ1) is 23.2. The quantitative estimate of drug-likeness (QED) is 0.653. The monoisotopic (exact) mass is 440 g/mol. The molecule has 2 amide bonds. The molecule has 1 N–H and O–H groups in total. The molecule has 0 spiro atoms. The van der Waals surface area contributed by atoms with Crippen LogP contribution in [0.2, 0.25) is 0 Å². The maximum atomic E-state index is 14.1. The number of halogens is 2. The van der Waals surface area contributed by atoms with E-state index in [2.05, 4.69) is 5.43 Å². The van der Waals surface area contributed by atoms with Crippen molar-refractivity contribution in [1.29, 1.82) is 0 Å². The maximum Gasteiger partial charge on any atom is 0.279 e. The number of nitrogens with zero attached hydrogens (tertiary/aromatic N) is 1. The lowest BCUT2D eigenvalue weighted by molar-refractivity contribution is -0.137. The summed E-state index contributed by atoms with van der Waals surface area (Å²) >= 11 is 0. The Balaban J connectivity index is 1.72. The number of hydrogen-bond donors (Lipinski definition) is 1. The van der Waals surface area contributed by atoms with Gasteiger partial charge in [-0.3, -0.25) is 15.0 Å². The average molecular weight is 440 g/mol. The van der Waals surface area contributed by atoms with E-state index in [9.17, 15) is 18.4 Å². The summed E-state index contributed by atoms with van der Waals surface area (Å²) < 4.78 is 33.7. The Morgan fingerprint density at radius 3 is 2.53 bits per heavy atom. The Morgan fingerprint density at radius 1 is 1.19 bits per heavy atom. The minimum atomic E-state index is -1.46. The van der Waals surface area contributed by atoms with Gasteiger partial charge in [0.05, 0.1) is 0 Å². The van der Waals surface area contributed by atoms with Gasteiger partial charge in [0.15, 0.2) is 6.61 Å². The molecule has 0 aromatic heterocycles. The lowest BCUT2D eigenvalue weighted by Crippen LogP contribution is -2.51. The van der Waals surface area contributed by atoms with Crippen molar-refractivity contribution >= 4 is 17.4 Å². The van der Waals surface area contributed by atoms with Gasteiger partial charge in [0, 0.05) is 23.6 Å². The molecule has 7 heteroatoms. The third kappa shape index (κ3) is 5.81. The Labute approximate surface area is 186 Å². The van der Waals surface area contributed by atoms with Gasteiger partial charge in [-0.1, -0.05) is 30.4 Å². The van der Waals surface area contributed by atoms with Crippen LogP contribution in [0, 0.1) is 5.82 Å². The molecule has 0 heterocycles. The number of allylic oxidation sites excluding steroid dienone is 4. The minimum absolute atomic E-state index is 0.153. The highest BCUT2D eigenvalue weighted by molar-refractivity contribution is 5.95. The van der Waals surface area contributed by atoms with Crippen LogP contribution in [-0.2, 0) is 4.79 Å². The number of amides is 2. The van der Waals surface area contributed by atoms with Gasteiger partial charge in [-0.15, -0.1) is 0 Å². The summed E-state index contributed by atoms with van der Waals surface area (Å²) in [6.45, 7) is 4.61. The van der Waals surface area contributed by atoms with E-state index < -0.39 is 23.3 Å². The van der Waals surface area contributed by atoms with Crippen LogP contribution in [0.15, 0.2) is 66.8 Å². The third-order valence-corrected chi connectivity index (χ3v) is 4.98. The Hall–Kier alpha value is -3.48. The summed E-state index contributed by atoms with van der Waals surface area (Å²) in [5, 5.41) is 1.20. The first-order valence-electron chi connectivity index (χ1n) is 10.4. The summed E-state index contributed by atoms with van der Waals surface area (Å²) in [7, 11) is 0. The van der Waals surface area contributed by atoms with Crippen molar-refractivity contribution in [3.05, 3.63) is 83.7 Å². The molecule has 168 valence electrons. The fourth-order valence-electron chi connectivity index (χ4n) is 3.21. The van der Waals surface area contributed by atoms with Gasteiger partial charge in [0.25, 0.3) is 11.8 Å². The lowest BCUT2D eigenvalue weighted by Gasteiger charge is -2.27. The van der Waals surface area contributed by atoms with Gasteiger partial charge in [0.2, 0.25) is 0 Å². The van der Waals surface area contributed by atoms with Crippen molar-refractivity contribution in [2.75, 3.05) is 6.61 Å². The van der Waals surface area contributed by atoms with Gasteiger partial charge in [0.1, 0.15) is 17.2 Å². The Morgan fingerprint density at radius 2 is 1.91 bits per heavy atom. The van der Waals surface area contributed by atoms with E-state index in [-0.39, 0.29) is 24.8 Å². The summed E-state index contributed by atoms with van der Waals surface area (Å²) in [6.07, 6.45) is 4.82. The maximum absolute atomic E-state index is 14.1. The summed E-state index contributed by atoms with van der Waals surface area (Å²) in [4.78, 5) is 25.3. The van der Waals surface area contributed by atoms with E-state index in [4.69, 9.17) is 4.74 Å². The Kier molecular flexibility index (Phi) is 7.08. The topological polar surface area (TPSA) is 58.6 Å². The van der Waals surface area contributed by atoms with Crippen molar-refractivity contribution in [3.63, 3.8) is 0 Å². The van der Waals surface area contributed by atoms with Gasteiger partial charge >= 0.3 is 0 Å². The minimum Gasteiger partial charge on any atom is -0.483 e. The molecule has 32 heavy (non-hydrogen) atoms. The fourth-order valence-corrected chi connectivity index (χ4v) is 3.21. The van der Waals surface area contributed by atoms with E-state index >= 15 is 0 Å². The van der Waals surface area contributed by atoms with E-state index in [0.717, 1.165) is 0 Å². The number of hydrazine groups is 1. The van der Waals surface area contributed by atoms with Crippen LogP contribution in [0.5, 0.6) is 5.75 Å². The van der Waals surface area contributed by atoms with Crippen LogP contribution in [0.25, 0.3) is 5.57 Å². The van der Waals surface area contributed by atoms with Crippen molar-refractivity contribution < 1.29 is 23.1 Å². The van der Waals surface area contributed by atoms with Gasteiger partial charge < -0.3 is 4.74 Å². The second-order valence-corrected chi connectivity index (χ2v) is 8.07. The standard InChI is InChI=1S/C25H26F2N2O3/c1-17(2)29(28-24(31)19-7-5-4-6-8-19)23(30)16-32-22-10-9-20(26)15-21(22)18-11-13-25(3,27)14-12-18/h4-13,15,17H,14,16H2,1-3H3,(H,28,31). The number of carbonyl (C=O) groups is 2. The zero-order valence-electron chi connectivity index (χ0n) is 18.3. The second-order valence-electron chi connectivity index (χ2n) is 8.07. The molecule has 1 aliphatic carbocycles. The smallest absolute Gasteiger partial charge is 0.279 e. The number of carbonyl (C=O) groups excluding carboxylic acids is 2. The Bertz CT molecular complexity index is 1050. The first-order valence-corrected chi connectivity index (χ1v) is 10.4. The second kappa shape index (κ2) is 9.77. The molecule has 1 unspecified atom stereocenters. The van der Waals surface area contributed by atoms with Gasteiger partial charge in [-0.2, -0.15) is 0 Å². The predicted octanol–water partition coefficient (Wildman–Crippen LogP) is 4.86. The predicted molar refractivity (Wildman–Crippen MR) is 119 cm³/mol. The van der Waals surface area contributed by atoms with Crippen molar-refractivity contribution in [2.24, 2.45) is 0 Å². The van der Waals surface area contributed by atoms with Crippen LogP contribution < -0.4 is 10.2 Å². The number of alkyl halides is 1.